The SMILES string of the molecule is COCCCN1C(=O)N(Cc2ccccn2)C(=O)C12CCN(C1Cc3ccccc3C1)CC2. The minimum Gasteiger partial charge on any atom is -0.385 e. The van der Waals surface area contributed by atoms with Gasteiger partial charge < -0.3 is 9.64 Å². The van der Waals surface area contributed by atoms with Gasteiger partial charge in [0.1, 0.15) is 5.54 Å². The first-order valence-electron chi connectivity index (χ1n) is 12.0. The normalized spacial score (nSPS) is 20.8. The number of urea groups is 1. The lowest BCUT2D eigenvalue weighted by molar-refractivity contribution is -0.136. The van der Waals surface area contributed by atoms with E-state index in [4.69, 9.17) is 4.74 Å². The molecule has 0 atom stereocenters. The summed E-state index contributed by atoms with van der Waals surface area (Å²) in [5, 5.41) is 0. The standard InChI is InChI=1S/C26H32N4O3/c1-33-16-6-13-30-25(32)29(19-22-9-4-5-12-27-22)24(31)26(30)10-14-28(15-11-26)23-17-20-7-2-3-8-21(20)18-23/h2-5,7-9,12,23H,6,10-11,13-19H2,1H3. The molecule has 174 valence electrons. The van der Waals surface area contributed by atoms with Gasteiger partial charge in [0.15, 0.2) is 0 Å². The molecule has 1 spiro atoms. The van der Waals surface area contributed by atoms with Crippen LogP contribution in [-0.2, 0) is 28.9 Å². The molecule has 3 amide bonds. The zero-order valence-electron chi connectivity index (χ0n) is 19.3. The Bertz CT molecular complexity index is 979. The van der Waals surface area contributed by atoms with Crippen LogP contribution in [-0.4, -0.2) is 76.6 Å². The number of rotatable bonds is 7. The van der Waals surface area contributed by atoms with Gasteiger partial charge in [-0.15, -0.1) is 0 Å². The monoisotopic (exact) mass is 448 g/mol. The number of carbonyl (C=O) groups excluding carboxylic acids is 2. The van der Waals surface area contributed by atoms with Gasteiger partial charge in [0.2, 0.25) is 0 Å². The topological polar surface area (TPSA) is 66.0 Å². The number of piperidine rings is 1. The molecule has 7 nitrogen and oxygen atoms in total. The Morgan fingerprint density at radius 1 is 1.03 bits per heavy atom. The zero-order valence-corrected chi connectivity index (χ0v) is 19.3. The average molecular weight is 449 g/mol. The summed E-state index contributed by atoms with van der Waals surface area (Å²) in [5.41, 5.74) is 2.87. The van der Waals surface area contributed by atoms with Crippen LogP contribution in [0, 0.1) is 0 Å². The summed E-state index contributed by atoms with van der Waals surface area (Å²) in [7, 11) is 1.66. The van der Waals surface area contributed by atoms with Crippen molar-refractivity contribution >= 4 is 11.9 Å². The second-order valence-corrected chi connectivity index (χ2v) is 9.39. The second-order valence-electron chi connectivity index (χ2n) is 9.39. The van der Waals surface area contributed by atoms with Crippen LogP contribution in [0.5, 0.6) is 0 Å². The van der Waals surface area contributed by atoms with E-state index in [1.165, 1.54) is 16.0 Å². The van der Waals surface area contributed by atoms with Gasteiger partial charge in [0.05, 0.1) is 12.2 Å². The third-order valence-corrected chi connectivity index (χ3v) is 7.57. The first kappa shape index (κ1) is 22.0. The Kier molecular flexibility index (Phi) is 6.17. The van der Waals surface area contributed by atoms with Crippen LogP contribution in [0.4, 0.5) is 4.79 Å². The van der Waals surface area contributed by atoms with Crippen molar-refractivity contribution in [2.24, 2.45) is 0 Å². The highest BCUT2D eigenvalue weighted by atomic mass is 16.5. The van der Waals surface area contributed by atoms with Crippen molar-refractivity contribution in [2.75, 3.05) is 33.4 Å². The molecule has 2 aliphatic heterocycles. The number of methoxy groups -OCH3 is 1. The van der Waals surface area contributed by atoms with Crippen molar-refractivity contribution in [3.05, 3.63) is 65.5 Å². The van der Waals surface area contributed by atoms with Crippen molar-refractivity contribution in [3.8, 4) is 0 Å². The smallest absolute Gasteiger partial charge is 0.328 e. The molecule has 2 saturated heterocycles. The van der Waals surface area contributed by atoms with Crippen LogP contribution in [0.2, 0.25) is 0 Å². The molecule has 3 heterocycles. The molecule has 1 aliphatic carbocycles. The molecule has 0 bridgehead atoms. The molecule has 2 fully saturated rings. The van der Waals surface area contributed by atoms with Crippen LogP contribution in [0.15, 0.2) is 48.7 Å². The number of aromatic nitrogens is 1. The highest BCUT2D eigenvalue weighted by Crippen LogP contribution is 2.39. The van der Waals surface area contributed by atoms with E-state index in [9.17, 15) is 9.59 Å². The molecular formula is C26H32N4O3. The molecule has 3 aliphatic rings. The molecule has 5 rings (SSSR count). The number of likely N-dealkylation sites (tertiary alicyclic amines) is 1. The highest BCUT2D eigenvalue weighted by molar-refractivity contribution is 6.07. The highest BCUT2D eigenvalue weighted by Gasteiger charge is 2.58. The summed E-state index contributed by atoms with van der Waals surface area (Å²) in [6.45, 7) is 2.99. The zero-order chi connectivity index (χ0) is 22.8. The molecular weight excluding hydrogens is 416 g/mol. The number of carbonyl (C=O) groups is 2. The number of imide groups is 1. The van der Waals surface area contributed by atoms with Gasteiger partial charge in [-0.05, 0) is 55.4 Å². The van der Waals surface area contributed by atoms with Crippen molar-refractivity contribution in [1.29, 1.82) is 0 Å². The van der Waals surface area contributed by atoms with Gasteiger partial charge in [0, 0.05) is 45.6 Å². The number of hydrogen-bond donors (Lipinski definition) is 0. The maximum atomic E-state index is 13.7. The van der Waals surface area contributed by atoms with Crippen LogP contribution < -0.4 is 0 Å². The number of ether oxygens (including phenoxy) is 1. The van der Waals surface area contributed by atoms with Gasteiger partial charge >= 0.3 is 6.03 Å². The fourth-order valence-corrected chi connectivity index (χ4v) is 5.79. The minimum atomic E-state index is -0.748. The molecule has 1 aromatic carbocycles. The summed E-state index contributed by atoms with van der Waals surface area (Å²) in [5.74, 6) is -0.0649. The largest absolute Gasteiger partial charge is 0.385 e. The average Bonchev–Trinajstić information content (AvgIpc) is 3.36. The number of benzene rings is 1. The predicted octanol–water partition coefficient (Wildman–Crippen LogP) is 2.88. The summed E-state index contributed by atoms with van der Waals surface area (Å²) in [6.07, 6.45) is 5.91. The lowest BCUT2D eigenvalue weighted by Crippen LogP contribution is -2.58. The van der Waals surface area contributed by atoms with E-state index in [2.05, 4.69) is 34.1 Å². The summed E-state index contributed by atoms with van der Waals surface area (Å²) in [6, 6.07) is 14.6. The molecule has 7 heteroatoms. The Hall–Kier alpha value is -2.77. The molecule has 33 heavy (non-hydrogen) atoms. The Morgan fingerprint density at radius 3 is 2.36 bits per heavy atom. The Balaban J connectivity index is 1.32. The maximum Gasteiger partial charge on any atom is 0.328 e. The van der Waals surface area contributed by atoms with E-state index in [1.54, 1.807) is 13.3 Å². The van der Waals surface area contributed by atoms with Crippen molar-refractivity contribution in [2.45, 2.75) is 50.2 Å². The molecule has 0 unspecified atom stereocenters. The lowest BCUT2D eigenvalue weighted by atomic mass is 9.85. The van der Waals surface area contributed by atoms with Crippen LogP contribution in [0.1, 0.15) is 36.1 Å². The minimum absolute atomic E-state index is 0.0649. The third kappa shape index (κ3) is 4.04. The summed E-state index contributed by atoms with van der Waals surface area (Å²) in [4.78, 5) is 37.3. The van der Waals surface area contributed by atoms with E-state index in [-0.39, 0.29) is 18.5 Å². The van der Waals surface area contributed by atoms with E-state index >= 15 is 0 Å². The predicted molar refractivity (Wildman–Crippen MR) is 125 cm³/mol. The van der Waals surface area contributed by atoms with Gasteiger partial charge in [-0.2, -0.15) is 0 Å². The number of nitrogens with zero attached hydrogens (tertiary/aromatic N) is 4. The summed E-state index contributed by atoms with van der Waals surface area (Å²) < 4.78 is 5.22. The van der Waals surface area contributed by atoms with Crippen molar-refractivity contribution in [1.82, 2.24) is 19.7 Å². The van der Waals surface area contributed by atoms with Gasteiger partial charge in [0.25, 0.3) is 5.91 Å². The first-order valence-corrected chi connectivity index (χ1v) is 12.0. The molecule has 1 aromatic heterocycles. The van der Waals surface area contributed by atoms with Gasteiger partial charge in [-0.3, -0.25) is 19.6 Å². The van der Waals surface area contributed by atoms with Gasteiger partial charge in [-0.1, -0.05) is 30.3 Å². The number of pyridine rings is 1. The van der Waals surface area contributed by atoms with Crippen LogP contribution in [0.3, 0.4) is 0 Å². The molecule has 2 aromatic rings. The number of amides is 3. The Morgan fingerprint density at radius 2 is 1.73 bits per heavy atom. The fraction of sp³-hybridized carbons (Fsp3) is 0.500. The quantitative estimate of drug-likeness (QED) is 0.481. The van der Waals surface area contributed by atoms with E-state index in [0.29, 0.717) is 32.0 Å². The van der Waals surface area contributed by atoms with Crippen LogP contribution >= 0.6 is 0 Å². The van der Waals surface area contributed by atoms with E-state index < -0.39 is 5.54 Å². The van der Waals surface area contributed by atoms with Crippen molar-refractivity contribution < 1.29 is 14.3 Å². The third-order valence-electron chi connectivity index (χ3n) is 7.57. The van der Waals surface area contributed by atoms with Gasteiger partial charge in [-0.25, -0.2) is 4.79 Å². The Labute approximate surface area is 195 Å². The second kappa shape index (κ2) is 9.23. The number of hydrogen-bond acceptors (Lipinski definition) is 5. The molecule has 0 saturated carbocycles. The van der Waals surface area contributed by atoms with Crippen molar-refractivity contribution in [3.63, 3.8) is 0 Å². The first-order chi connectivity index (χ1) is 16.1. The number of fused-ring (bicyclic) bond motifs is 1. The fourth-order valence-electron chi connectivity index (χ4n) is 5.79. The molecule has 0 N–H and O–H groups in total. The van der Waals surface area contributed by atoms with Crippen LogP contribution in [0.25, 0.3) is 0 Å². The lowest BCUT2D eigenvalue weighted by Gasteiger charge is -2.44. The van der Waals surface area contributed by atoms with E-state index in [1.807, 2.05) is 23.1 Å². The maximum absolute atomic E-state index is 13.7. The summed E-state index contributed by atoms with van der Waals surface area (Å²) >= 11 is 0. The molecule has 0 radical (unpaired) electrons. The van der Waals surface area contributed by atoms with E-state index in [0.717, 1.165) is 38.0 Å².